The van der Waals surface area contributed by atoms with Crippen LogP contribution in [0, 0.1) is 12.7 Å². The maximum atomic E-state index is 14.9. The summed E-state index contributed by atoms with van der Waals surface area (Å²) in [7, 11) is 0. The summed E-state index contributed by atoms with van der Waals surface area (Å²) in [6, 6.07) is 7.74. The first-order chi connectivity index (χ1) is 19.2. The Morgan fingerprint density at radius 2 is 2.00 bits per heavy atom. The molecule has 4 aromatic rings. The second-order valence-corrected chi connectivity index (χ2v) is 10.2. The van der Waals surface area contributed by atoms with E-state index in [1.807, 2.05) is 18.7 Å². The summed E-state index contributed by atoms with van der Waals surface area (Å²) in [5.41, 5.74) is 1.90. The van der Waals surface area contributed by atoms with Gasteiger partial charge < -0.3 is 9.80 Å². The Morgan fingerprint density at radius 3 is 2.70 bits per heavy atom. The van der Waals surface area contributed by atoms with Crippen molar-refractivity contribution in [3.63, 3.8) is 0 Å². The molecule has 0 bridgehead atoms. The lowest BCUT2D eigenvalue weighted by atomic mass is 10.1. The number of hydrogen-bond acceptors (Lipinski definition) is 7. The summed E-state index contributed by atoms with van der Waals surface area (Å²) >= 11 is 6.74. The monoisotopic (exact) mass is 561 g/mol. The van der Waals surface area contributed by atoms with Crippen LogP contribution in [0.3, 0.4) is 0 Å². The van der Waals surface area contributed by atoms with Gasteiger partial charge in [0.2, 0.25) is 5.91 Å². The molecular weight excluding hydrogens is 533 g/mol. The lowest BCUT2D eigenvalue weighted by molar-refractivity contribution is -0.126. The Kier molecular flexibility index (Phi) is 7.62. The van der Waals surface area contributed by atoms with Crippen molar-refractivity contribution in [2.75, 3.05) is 24.5 Å². The number of pyridine rings is 1. The van der Waals surface area contributed by atoms with Crippen molar-refractivity contribution in [2.24, 2.45) is 0 Å². The number of carbonyl (C=O) groups excluding carboxylic acids is 1. The van der Waals surface area contributed by atoms with E-state index in [1.54, 1.807) is 36.1 Å². The van der Waals surface area contributed by atoms with Crippen LogP contribution in [0.1, 0.15) is 31.7 Å². The molecule has 1 aliphatic heterocycles. The molecule has 1 saturated heterocycles. The number of halogens is 2. The van der Waals surface area contributed by atoms with Gasteiger partial charge in [-0.25, -0.2) is 28.7 Å². The molecule has 11 heteroatoms. The third kappa shape index (κ3) is 4.83. The number of hydrogen-bond donors (Lipinski definition) is 0. The summed E-state index contributed by atoms with van der Waals surface area (Å²) in [5.74, 6) is -0.237. The first-order valence-corrected chi connectivity index (χ1v) is 13.5. The highest BCUT2D eigenvalue weighted by Crippen LogP contribution is 2.35. The van der Waals surface area contributed by atoms with Gasteiger partial charge in [0.15, 0.2) is 5.65 Å². The summed E-state index contributed by atoms with van der Waals surface area (Å²) in [4.78, 5) is 47.9. The number of aryl methyl sites for hydroxylation is 2. The molecule has 9 nitrogen and oxygen atoms in total. The van der Waals surface area contributed by atoms with Crippen molar-refractivity contribution in [1.82, 2.24) is 29.4 Å². The first-order valence-electron chi connectivity index (χ1n) is 13.1. The molecule has 1 amide bonds. The molecule has 4 heterocycles. The lowest BCUT2D eigenvalue weighted by Crippen LogP contribution is -2.54. The normalized spacial score (nSPS) is 15.5. The molecule has 0 spiro atoms. The minimum Gasteiger partial charge on any atom is -0.350 e. The summed E-state index contributed by atoms with van der Waals surface area (Å²) in [6.07, 6.45) is 4.17. The maximum absolute atomic E-state index is 14.9. The van der Waals surface area contributed by atoms with Crippen molar-refractivity contribution in [1.29, 1.82) is 0 Å². The van der Waals surface area contributed by atoms with Gasteiger partial charge in [-0.1, -0.05) is 43.7 Å². The van der Waals surface area contributed by atoms with E-state index in [2.05, 4.69) is 21.5 Å². The van der Waals surface area contributed by atoms with Gasteiger partial charge in [-0.2, -0.15) is 4.98 Å². The number of nitrogens with zero attached hydrogens (tertiary/aromatic N) is 7. The van der Waals surface area contributed by atoms with Crippen LogP contribution in [0.5, 0.6) is 0 Å². The third-order valence-electron chi connectivity index (χ3n) is 7.11. The number of anilines is 1. The quantitative estimate of drug-likeness (QED) is 0.319. The van der Waals surface area contributed by atoms with Crippen molar-refractivity contribution in [3.8, 4) is 16.9 Å². The average Bonchev–Trinajstić information content (AvgIpc) is 2.94. The van der Waals surface area contributed by atoms with Crippen LogP contribution in [0.4, 0.5) is 10.2 Å². The molecule has 0 N–H and O–H groups in total. The fourth-order valence-electron chi connectivity index (χ4n) is 5.20. The van der Waals surface area contributed by atoms with Crippen LogP contribution in [-0.4, -0.2) is 61.0 Å². The van der Waals surface area contributed by atoms with Crippen LogP contribution in [-0.2, 0) is 11.2 Å². The van der Waals surface area contributed by atoms with Gasteiger partial charge in [0.05, 0.1) is 33.2 Å². The van der Waals surface area contributed by atoms with E-state index in [-0.39, 0.29) is 33.9 Å². The van der Waals surface area contributed by atoms with Crippen LogP contribution >= 0.6 is 11.6 Å². The van der Waals surface area contributed by atoms with Gasteiger partial charge in [0, 0.05) is 31.2 Å². The van der Waals surface area contributed by atoms with Gasteiger partial charge >= 0.3 is 5.69 Å². The smallest absolute Gasteiger partial charge is 0.350 e. The second kappa shape index (κ2) is 11.1. The van der Waals surface area contributed by atoms with E-state index in [0.29, 0.717) is 54.3 Å². The lowest BCUT2D eigenvalue weighted by Gasteiger charge is -2.40. The predicted octanol–water partition coefficient (Wildman–Crippen LogP) is 4.51. The Hall–Kier alpha value is -4.18. The van der Waals surface area contributed by atoms with Gasteiger partial charge in [-0.05, 0) is 44.5 Å². The van der Waals surface area contributed by atoms with Gasteiger partial charge in [0.1, 0.15) is 18.0 Å². The minimum absolute atomic E-state index is 0.151. The molecule has 3 aromatic heterocycles. The molecule has 5 rings (SSSR count). The highest BCUT2D eigenvalue weighted by atomic mass is 35.5. The molecule has 206 valence electrons. The Balaban J connectivity index is 1.80. The van der Waals surface area contributed by atoms with Gasteiger partial charge in [-0.15, -0.1) is 0 Å². The predicted molar refractivity (Wildman–Crippen MR) is 153 cm³/mol. The second-order valence-electron chi connectivity index (χ2n) is 9.76. The van der Waals surface area contributed by atoms with Gasteiger partial charge in [-0.3, -0.25) is 4.79 Å². The molecule has 40 heavy (non-hydrogen) atoms. The molecule has 1 fully saturated rings. The summed E-state index contributed by atoms with van der Waals surface area (Å²) in [5, 5.41) is 0.736. The topological polar surface area (TPSA) is 97.1 Å². The Morgan fingerprint density at radius 1 is 1.23 bits per heavy atom. The van der Waals surface area contributed by atoms with E-state index in [0.717, 1.165) is 6.42 Å². The largest absolute Gasteiger partial charge is 0.355 e. The molecule has 1 aliphatic rings. The first kappa shape index (κ1) is 27.4. The number of carbonyl (C=O) groups is 1. The van der Waals surface area contributed by atoms with Gasteiger partial charge in [0.25, 0.3) is 0 Å². The molecular formula is C29H29ClFN7O2. The highest BCUT2D eigenvalue weighted by Gasteiger charge is 2.30. The van der Waals surface area contributed by atoms with Crippen LogP contribution in [0.15, 0.2) is 54.1 Å². The minimum atomic E-state index is -0.566. The number of rotatable bonds is 6. The standard InChI is InChI=1S/C29H29ClFN7O2/c1-5-9-23-26(18(4)32-16-33-23)38-28-20(14-21(30)25(34-28)19-10-7-8-11-22(19)31)27(35-29(38)40)37-13-12-36(15-17(37)3)24(39)6-2/h6-8,10-11,14,16-17H,2,5,9,12-13,15H2,1,3-4H3/t17-/m0/s1. The van der Waals surface area contributed by atoms with E-state index < -0.39 is 11.5 Å². The van der Waals surface area contributed by atoms with Crippen molar-refractivity contribution in [2.45, 2.75) is 39.7 Å². The zero-order valence-electron chi connectivity index (χ0n) is 22.6. The maximum Gasteiger partial charge on any atom is 0.355 e. The van der Waals surface area contributed by atoms with Crippen LogP contribution in [0.2, 0.25) is 5.02 Å². The van der Waals surface area contributed by atoms with E-state index >= 15 is 0 Å². The Labute approximate surface area is 236 Å². The number of amides is 1. The molecule has 0 saturated carbocycles. The molecule has 0 unspecified atom stereocenters. The molecule has 0 radical (unpaired) electrons. The number of aromatic nitrogens is 5. The number of piperazine rings is 1. The van der Waals surface area contributed by atoms with Crippen molar-refractivity contribution in [3.05, 3.63) is 82.0 Å². The third-order valence-corrected chi connectivity index (χ3v) is 7.40. The van der Waals surface area contributed by atoms with Crippen LogP contribution in [0.25, 0.3) is 28.0 Å². The van der Waals surface area contributed by atoms with E-state index in [4.69, 9.17) is 16.6 Å². The number of fused-ring (bicyclic) bond motifs is 1. The Bertz CT molecular complexity index is 1690. The van der Waals surface area contributed by atoms with E-state index in [9.17, 15) is 14.0 Å². The van der Waals surface area contributed by atoms with Crippen LogP contribution < -0.4 is 10.6 Å². The zero-order chi connectivity index (χ0) is 28.6. The molecule has 0 aliphatic carbocycles. The molecule has 1 aromatic carbocycles. The highest BCUT2D eigenvalue weighted by molar-refractivity contribution is 6.33. The van der Waals surface area contributed by atoms with Crippen molar-refractivity contribution < 1.29 is 9.18 Å². The number of benzene rings is 1. The fraction of sp³-hybridized carbons (Fsp3) is 0.310. The summed E-state index contributed by atoms with van der Waals surface area (Å²) in [6.45, 7) is 10.7. The molecule has 1 atom stereocenters. The van der Waals surface area contributed by atoms with E-state index in [1.165, 1.54) is 23.0 Å². The fourth-order valence-corrected chi connectivity index (χ4v) is 5.45. The van der Waals surface area contributed by atoms with Crippen molar-refractivity contribution >= 4 is 34.4 Å². The summed E-state index contributed by atoms with van der Waals surface area (Å²) < 4.78 is 16.3. The zero-order valence-corrected chi connectivity index (χ0v) is 23.3. The average molecular weight is 562 g/mol. The SMILES string of the molecule is C=CC(=O)N1CCN(c2nc(=O)n(-c3c(C)ncnc3CCC)c3nc(-c4ccccc4F)c(Cl)cc23)[C@@H](C)C1.